The minimum Gasteiger partial charge on any atom is -0.351 e. The molecular formula is C28H36N4O3. The summed E-state index contributed by atoms with van der Waals surface area (Å²) in [5.41, 5.74) is 3.34. The highest BCUT2D eigenvalue weighted by Gasteiger charge is 2.37. The van der Waals surface area contributed by atoms with Crippen LogP contribution in [0.1, 0.15) is 37.0 Å². The zero-order valence-electron chi connectivity index (χ0n) is 20.8. The Bertz CT molecular complexity index is 1030. The van der Waals surface area contributed by atoms with E-state index in [2.05, 4.69) is 16.3 Å². The molecule has 3 amide bonds. The molecule has 2 aliphatic rings. The first kappa shape index (κ1) is 24.9. The van der Waals surface area contributed by atoms with Crippen molar-refractivity contribution in [2.24, 2.45) is 5.92 Å². The molecular weight excluding hydrogens is 440 g/mol. The summed E-state index contributed by atoms with van der Waals surface area (Å²) in [5.74, 6) is 0.293. The molecule has 2 aromatic rings. The summed E-state index contributed by atoms with van der Waals surface area (Å²) >= 11 is 0. The van der Waals surface area contributed by atoms with Gasteiger partial charge >= 0.3 is 0 Å². The highest BCUT2D eigenvalue weighted by atomic mass is 16.2. The van der Waals surface area contributed by atoms with E-state index in [1.54, 1.807) is 4.90 Å². The van der Waals surface area contributed by atoms with Gasteiger partial charge in [0.2, 0.25) is 17.7 Å². The molecule has 35 heavy (non-hydrogen) atoms. The topological polar surface area (TPSA) is 73.0 Å². The lowest BCUT2D eigenvalue weighted by Gasteiger charge is -2.41. The molecule has 0 aliphatic carbocycles. The predicted octanol–water partition coefficient (Wildman–Crippen LogP) is 2.45. The van der Waals surface area contributed by atoms with Gasteiger partial charge in [0.15, 0.2) is 0 Å². The van der Waals surface area contributed by atoms with E-state index in [-0.39, 0.29) is 23.6 Å². The molecule has 1 fully saturated rings. The lowest BCUT2D eigenvalue weighted by atomic mass is 9.92. The SMILES string of the molecule is CC(C)CC(=O)N1Cc2ccccc2CC1C(=O)N1CCN(CC(=O)NCc2ccccc2)CC1. The Morgan fingerprint density at radius 2 is 1.57 bits per heavy atom. The molecule has 1 atom stereocenters. The van der Waals surface area contributed by atoms with Crippen molar-refractivity contribution in [3.63, 3.8) is 0 Å². The van der Waals surface area contributed by atoms with Crippen LogP contribution in [0, 0.1) is 5.92 Å². The van der Waals surface area contributed by atoms with E-state index in [9.17, 15) is 14.4 Å². The number of nitrogens with one attached hydrogen (secondary N) is 1. The maximum absolute atomic E-state index is 13.6. The van der Waals surface area contributed by atoms with Crippen molar-refractivity contribution < 1.29 is 14.4 Å². The summed E-state index contributed by atoms with van der Waals surface area (Å²) in [5, 5.41) is 2.97. The van der Waals surface area contributed by atoms with Crippen molar-refractivity contribution in [1.29, 1.82) is 0 Å². The number of hydrogen-bond acceptors (Lipinski definition) is 4. The van der Waals surface area contributed by atoms with E-state index in [0.29, 0.717) is 58.7 Å². The molecule has 186 valence electrons. The summed E-state index contributed by atoms with van der Waals surface area (Å²) in [6.45, 7) is 7.81. The largest absolute Gasteiger partial charge is 0.351 e. The van der Waals surface area contributed by atoms with Crippen molar-refractivity contribution in [3.8, 4) is 0 Å². The van der Waals surface area contributed by atoms with Crippen LogP contribution in [0.5, 0.6) is 0 Å². The summed E-state index contributed by atoms with van der Waals surface area (Å²) in [6.07, 6.45) is 0.999. The minimum absolute atomic E-state index is 0.0111. The normalized spacial score (nSPS) is 18.3. The molecule has 2 aromatic carbocycles. The number of carbonyl (C=O) groups is 3. The molecule has 2 aliphatic heterocycles. The molecule has 2 heterocycles. The highest BCUT2D eigenvalue weighted by molar-refractivity contribution is 5.88. The molecule has 1 N–H and O–H groups in total. The Morgan fingerprint density at radius 3 is 2.26 bits per heavy atom. The average molecular weight is 477 g/mol. The van der Waals surface area contributed by atoms with Crippen molar-refractivity contribution in [2.75, 3.05) is 32.7 Å². The van der Waals surface area contributed by atoms with Gasteiger partial charge in [0.1, 0.15) is 6.04 Å². The first-order valence-electron chi connectivity index (χ1n) is 12.6. The summed E-state index contributed by atoms with van der Waals surface area (Å²) in [4.78, 5) is 44.8. The second-order valence-corrected chi connectivity index (χ2v) is 9.97. The molecule has 0 aromatic heterocycles. The predicted molar refractivity (Wildman–Crippen MR) is 135 cm³/mol. The van der Waals surface area contributed by atoms with Crippen LogP contribution in [0.2, 0.25) is 0 Å². The number of benzene rings is 2. The van der Waals surface area contributed by atoms with Crippen molar-refractivity contribution in [2.45, 2.75) is 45.8 Å². The van der Waals surface area contributed by atoms with Crippen LogP contribution in [0.3, 0.4) is 0 Å². The number of piperazine rings is 1. The highest BCUT2D eigenvalue weighted by Crippen LogP contribution is 2.26. The standard InChI is InChI=1S/C28H36N4O3/c1-21(2)16-27(34)32-19-24-11-7-6-10-23(24)17-25(32)28(35)31-14-12-30(13-15-31)20-26(33)29-18-22-8-4-3-5-9-22/h3-11,21,25H,12-20H2,1-2H3,(H,29,33). The van der Waals surface area contributed by atoms with Crippen LogP contribution >= 0.6 is 0 Å². The molecule has 1 saturated heterocycles. The molecule has 7 heteroatoms. The maximum atomic E-state index is 13.6. The van der Waals surface area contributed by atoms with Gasteiger partial charge in [0.05, 0.1) is 6.54 Å². The molecule has 0 bridgehead atoms. The Kier molecular flexibility index (Phi) is 8.18. The van der Waals surface area contributed by atoms with Gasteiger partial charge in [-0.15, -0.1) is 0 Å². The van der Waals surface area contributed by atoms with Crippen LogP contribution < -0.4 is 5.32 Å². The Morgan fingerprint density at radius 1 is 0.914 bits per heavy atom. The molecule has 4 rings (SSSR count). The fourth-order valence-electron chi connectivity index (χ4n) is 4.86. The van der Waals surface area contributed by atoms with Gasteiger partial charge < -0.3 is 15.1 Å². The monoisotopic (exact) mass is 476 g/mol. The van der Waals surface area contributed by atoms with Crippen LogP contribution in [0.15, 0.2) is 54.6 Å². The fourth-order valence-corrected chi connectivity index (χ4v) is 4.86. The molecule has 7 nitrogen and oxygen atoms in total. The molecule has 0 radical (unpaired) electrons. The van der Waals surface area contributed by atoms with E-state index < -0.39 is 6.04 Å². The van der Waals surface area contributed by atoms with Crippen LogP contribution in [0.4, 0.5) is 0 Å². The van der Waals surface area contributed by atoms with Crippen molar-refractivity contribution in [1.82, 2.24) is 20.0 Å². The summed E-state index contributed by atoms with van der Waals surface area (Å²) in [6, 6.07) is 17.5. The van der Waals surface area contributed by atoms with Gasteiger partial charge in [-0.25, -0.2) is 0 Å². The molecule has 0 saturated carbocycles. The van der Waals surface area contributed by atoms with Crippen molar-refractivity contribution >= 4 is 17.7 Å². The zero-order valence-corrected chi connectivity index (χ0v) is 20.8. The number of rotatable bonds is 7. The van der Waals surface area contributed by atoms with Crippen LogP contribution in [0.25, 0.3) is 0 Å². The van der Waals surface area contributed by atoms with Gasteiger partial charge in [0, 0.05) is 52.1 Å². The van der Waals surface area contributed by atoms with E-state index in [1.807, 2.05) is 67.3 Å². The Labute approximate surface area is 208 Å². The average Bonchev–Trinajstić information content (AvgIpc) is 2.87. The third-order valence-corrected chi connectivity index (χ3v) is 6.82. The quantitative estimate of drug-likeness (QED) is 0.666. The minimum atomic E-state index is -0.461. The maximum Gasteiger partial charge on any atom is 0.245 e. The number of nitrogens with zero attached hydrogens (tertiary/aromatic N) is 3. The first-order chi connectivity index (χ1) is 16.9. The summed E-state index contributed by atoms with van der Waals surface area (Å²) in [7, 11) is 0. The fraction of sp³-hybridized carbons (Fsp3) is 0.464. The van der Waals surface area contributed by atoms with Gasteiger partial charge in [-0.3, -0.25) is 19.3 Å². The molecule has 1 unspecified atom stereocenters. The number of amides is 3. The lowest BCUT2D eigenvalue weighted by molar-refractivity contribution is -0.148. The number of carbonyl (C=O) groups excluding carboxylic acids is 3. The smallest absolute Gasteiger partial charge is 0.245 e. The van der Waals surface area contributed by atoms with Gasteiger partial charge in [0.25, 0.3) is 0 Å². The lowest BCUT2D eigenvalue weighted by Crippen LogP contribution is -2.58. The van der Waals surface area contributed by atoms with Gasteiger partial charge in [-0.1, -0.05) is 68.4 Å². The summed E-state index contributed by atoms with van der Waals surface area (Å²) < 4.78 is 0. The van der Waals surface area contributed by atoms with E-state index >= 15 is 0 Å². The van der Waals surface area contributed by atoms with Gasteiger partial charge in [-0.05, 0) is 22.6 Å². The second kappa shape index (κ2) is 11.5. The van der Waals surface area contributed by atoms with Gasteiger partial charge in [-0.2, -0.15) is 0 Å². The zero-order chi connectivity index (χ0) is 24.8. The van der Waals surface area contributed by atoms with E-state index in [1.165, 1.54) is 0 Å². The van der Waals surface area contributed by atoms with E-state index in [4.69, 9.17) is 0 Å². The van der Waals surface area contributed by atoms with E-state index in [0.717, 1.165) is 16.7 Å². The third-order valence-electron chi connectivity index (χ3n) is 6.82. The van der Waals surface area contributed by atoms with Crippen LogP contribution in [-0.4, -0.2) is 71.2 Å². The Hall–Kier alpha value is -3.19. The number of hydrogen-bond donors (Lipinski definition) is 1. The first-order valence-corrected chi connectivity index (χ1v) is 12.6. The molecule has 0 spiro atoms. The second-order valence-electron chi connectivity index (χ2n) is 9.97. The Balaban J connectivity index is 1.33. The number of fused-ring (bicyclic) bond motifs is 1. The van der Waals surface area contributed by atoms with Crippen LogP contribution in [-0.2, 0) is 33.9 Å². The van der Waals surface area contributed by atoms with Crippen molar-refractivity contribution in [3.05, 3.63) is 71.3 Å². The third kappa shape index (κ3) is 6.48.